The Bertz CT molecular complexity index is 858. The van der Waals surface area contributed by atoms with Crippen LogP contribution in [0.2, 0.25) is 0 Å². The van der Waals surface area contributed by atoms with Gasteiger partial charge in [0.2, 0.25) is 10.0 Å². The number of hydrogen-bond donors (Lipinski definition) is 0. The normalized spacial score (nSPS) is 16.1. The van der Waals surface area contributed by atoms with Crippen molar-refractivity contribution in [2.24, 2.45) is 0 Å². The maximum atomic E-state index is 12.5. The van der Waals surface area contributed by atoms with Crippen molar-refractivity contribution in [3.8, 4) is 0 Å². The standard InChI is InChI=1S/C15H18N4O5S/c1-12-3-2-4-14(19(20)21)15(12)17-6-8-18(9-7-17)25(22,23)11-13-5-10-24-16-13/h2-5,10H,6-9,11H2,1H3. The SMILES string of the molecule is Cc1cccc([N+](=O)[O-])c1N1CCN(S(=O)(=O)Cc2ccon2)CC1. The second-order valence-corrected chi connectivity index (χ2v) is 7.80. The Morgan fingerprint density at radius 3 is 2.56 bits per heavy atom. The first-order valence-corrected chi connectivity index (χ1v) is 9.35. The van der Waals surface area contributed by atoms with Crippen molar-refractivity contribution in [1.82, 2.24) is 9.46 Å². The summed E-state index contributed by atoms with van der Waals surface area (Å²) in [6, 6.07) is 6.45. The Hall–Kier alpha value is -2.46. The molecule has 1 fully saturated rings. The fourth-order valence-electron chi connectivity index (χ4n) is 2.98. The van der Waals surface area contributed by atoms with Gasteiger partial charge in [-0.3, -0.25) is 10.1 Å². The van der Waals surface area contributed by atoms with Crippen LogP contribution in [0.4, 0.5) is 11.4 Å². The molecule has 1 aromatic carbocycles. The highest BCUT2D eigenvalue weighted by Gasteiger charge is 2.30. The quantitative estimate of drug-likeness (QED) is 0.583. The summed E-state index contributed by atoms with van der Waals surface area (Å²) < 4.78 is 31.0. The number of nitrogens with zero attached hydrogens (tertiary/aromatic N) is 4. The van der Waals surface area contributed by atoms with Gasteiger partial charge in [0.05, 0.1) is 10.6 Å². The van der Waals surface area contributed by atoms with Crippen LogP contribution in [0.25, 0.3) is 0 Å². The number of anilines is 1. The average Bonchev–Trinajstić information content (AvgIpc) is 3.07. The molecular weight excluding hydrogens is 348 g/mol. The van der Waals surface area contributed by atoms with Crippen molar-refractivity contribution in [2.45, 2.75) is 12.7 Å². The van der Waals surface area contributed by atoms with Gasteiger partial charge in [-0.2, -0.15) is 4.31 Å². The summed E-state index contributed by atoms with van der Waals surface area (Å²) in [6.45, 7) is 3.14. The third kappa shape index (κ3) is 3.64. The molecule has 0 atom stereocenters. The number of hydrogen-bond acceptors (Lipinski definition) is 7. The van der Waals surface area contributed by atoms with E-state index in [0.29, 0.717) is 24.5 Å². The lowest BCUT2D eigenvalue weighted by Crippen LogP contribution is -2.49. The van der Waals surface area contributed by atoms with Crippen LogP contribution in [-0.2, 0) is 15.8 Å². The first-order valence-electron chi connectivity index (χ1n) is 7.74. The highest BCUT2D eigenvalue weighted by atomic mass is 32.2. The summed E-state index contributed by atoms with van der Waals surface area (Å²) in [5.74, 6) is -0.214. The summed E-state index contributed by atoms with van der Waals surface area (Å²) in [6.07, 6.45) is 1.33. The van der Waals surface area contributed by atoms with Crippen LogP contribution in [0.3, 0.4) is 0 Å². The van der Waals surface area contributed by atoms with Crippen LogP contribution < -0.4 is 4.90 Å². The molecule has 0 spiro atoms. The number of piperazine rings is 1. The Morgan fingerprint density at radius 2 is 1.96 bits per heavy atom. The maximum Gasteiger partial charge on any atom is 0.292 e. The average molecular weight is 366 g/mol. The van der Waals surface area contributed by atoms with E-state index in [1.54, 1.807) is 6.07 Å². The van der Waals surface area contributed by atoms with E-state index in [2.05, 4.69) is 9.68 Å². The first-order chi connectivity index (χ1) is 11.9. The molecule has 2 heterocycles. The van der Waals surface area contributed by atoms with Crippen molar-refractivity contribution >= 4 is 21.4 Å². The van der Waals surface area contributed by atoms with Gasteiger partial charge in [-0.05, 0) is 12.5 Å². The number of para-hydroxylation sites is 1. The maximum absolute atomic E-state index is 12.5. The number of nitro groups is 1. The molecule has 25 heavy (non-hydrogen) atoms. The van der Waals surface area contributed by atoms with Crippen LogP contribution in [0.1, 0.15) is 11.3 Å². The largest absolute Gasteiger partial charge is 0.364 e. The highest BCUT2D eigenvalue weighted by molar-refractivity contribution is 7.88. The van der Waals surface area contributed by atoms with Crippen molar-refractivity contribution in [3.05, 3.63) is 51.9 Å². The minimum atomic E-state index is -3.50. The van der Waals surface area contributed by atoms with E-state index in [1.165, 1.54) is 22.7 Å². The van der Waals surface area contributed by atoms with Crippen molar-refractivity contribution in [2.75, 3.05) is 31.1 Å². The zero-order valence-electron chi connectivity index (χ0n) is 13.7. The lowest BCUT2D eigenvalue weighted by Gasteiger charge is -2.35. The molecule has 1 aromatic heterocycles. The molecule has 0 bridgehead atoms. The molecule has 9 nitrogen and oxygen atoms in total. The smallest absolute Gasteiger partial charge is 0.292 e. The summed E-state index contributed by atoms with van der Waals surface area (Å²) in [4.78, 5) is 12.7. The molecule has 0 amide bonds. The Kier molecular flexibility index (Phi) is 4.73. The molecule has 0 radical (unpaired) electrons. The minimum absolute atomic E-state index is 0.0407. The zero-order valence-corrected chi connectivity index (χ0v) is 14.5. The van der Waals surface area contributed by atoms with Crippen molar-refractivity contribution < 1.29 is 17.9 Å². The van der Waals surface area contributed by atoms with Gasteiger partial charge in [0.25, 0.3) is 5.69 Å². The molecule has 0 saturated carbocycles. The molecule has 1 aliphatic heterocycles. The molecule has 0 aliphatic carbocycles. The molecule has 0 unspecified atom stereocenters. The predicted molar refractivity (Wildman–Crippen MR) is 90.7 cm³/mol. The second-order valence-electron chi connectivity index (χ2n) is 5.83. The number of sulfonamides is 1. The van der Waals surface area contributed by atoms with Gasteiger partial charge >= 0.3 is 0 Å². The van der Waals surface area contributed by atoms with Crippen LogP contribution in [0, 0.1) is 17.0 Å². The van der Waals surface area contributed by atoms with Gasteiger partial charge in [0.1, 0.15) is 17.7 Å². The first kappa shape index (κ1) is 17.4. The van der Waals surface area contributed by atoms with Crippen LogP contribution in [-0.4, -0.2) is 49.0 Å². The van der Waals surface area contributed by atoms with Crippen LogP contribution in [0.15, 0.2) is 35.1 Å². The van der Waals surface area contributed by atoms with Gasteiger partial charge in [-0.25, -0.2) is 8.42 Å². The third-order valence-electron chi connectivity index (χ3n) is 4.18. The van der Waals surface area contributed by atoms with E-state index < -0.39 is 14.9 Å². The van der Waals surface area contributed by atoms with E-state index >= 15 is 0 Å². The lowest BCUT2D eigenvalue weighted by molar-refractivity contribution is -0.384. The summed E-state index contributed by atoms with van der Waals surface area (Å²) in [7, 11) is -3.50. The van der Waals surface area contributed by atoms with E-state index in [1.807, 2.05) is 17.9 Å². The van der Waals surface area contributed by atoms with E-state index in [-0.39, 0.29) is 24.5 Å². The molecule has 134 valence electrons. The number of nitro benzene ring substituents is 1. The molecule has 1 aliphatic rings. The number of aromatic nitrogens is 1. The fourth-order valence-corrected chi connectivity index (χ4v) is 4.41. The van der Waals surface area contributed by atoms with E-state index in [4.69, 9.17) is 0 Å². The van der Waals surface area contributed by atoms with Gasteiger partial charge in [-0.1, -0.05) is 17.3 Å². The second kappa shape index (κ2) is 6.81. The fraction of sp³-hybridized carbons (Fsp3) is 0.400. The number of rotatable bonds is 5. The highest BCUT2D eigenvalue weighted by Crippen LogP contribution is 2.32. The molecule has 2 aromatic rings. The van der Waals surface area contributed by atoms with Gasteiger partial charge in [0, 0.05) is 38.3 Å². The number of benzene rings is 1. The Balaban J connectivity index is 1.73. The van der Waals surface area contributed by atoms with Gasteiger partial charge in [0.15, 0.2) is 0 Å². The molecule has 10 heteroatoms. The van der Waals surface area contributed by atoms with E-state index in [0.717, 1.165) is 5.56 Å². The topological polar surface area (TPSA) is 110 Å². The minimum Gasteiger partial charge on any atom is -0.364 e. The predicted octanol–water partition coefficient (Wildman–Crippen LogP) is 1.54. The van der Waals surface area contributed by atoms with Crippen LogP contribution >= 0.6 is 0 Å². The van der Waals surface area contributed by atoms with Gasteiger partial charge < -0.3 is 9.42 Å². The Morgan fingerprint density at radius 1 is 1.24 bits per heavy atom. The third-order valence-corrected chi connectivity index (χ3v) is 6.00. The van der Waals surface area contributed by atoms with Crippen molar-refractivity contribution in [1.29, 1.82) is 0 Å². The summed E-state index contributed by atoms with van der Waals surface area (Å²) >= 11 is 0. The van der Waals surface area contributed by atoms with Crippen molar-refractivity contribution in [3.63, 3.8) is 0 Å². The monoisotopic (exact) mass is 366 g/mol. The molecule has 3 rings (SSSR count). The number of aryl methyl sites for hydroxylation is 1. The lowest BCUT2D eigenvalue weighted by atomic mass is 10.1. The van der Waals surface area contributed by atoms with Crippen LogP contribution in [0.5, 0.6) is 0 Å². The zero-order chi connectivity index (χ0) is 18.0. The molecular formula is C15H18N4O5S. The Labute approximate surface area is 145 Å². The van der Waals surface area contributed by atoms with E-state index in [9.17, 15) is 18.5 Å². The molecule has 1 saturated heterocycles. The van der Waals surface area contributed by atoms with Gasteiger partial charge in [-0.15, -0.1) is 0 Å². The summed E-state index contributed by atoms with van der Waals surface area (Å²) in [5, 5.41) is 14.9. The molecule has 0 N–H and O–H groups in total. The summed E-state index contributed by atoms with van der Waals surface area (Å²) in [5.41, 5.74) is 1.75.